The zero-order valence-electron chi connectivity index (χ0n) is 14.5. The van der Waals surface area contributed by atoms with Crippen LogP contribution in [0.3, 0.4) is 0 Å². The Morgan fingerprint density at radius 1 is 1.32 bits per heavy atom. The number of rotatable bonds is 4. The minimum Gasteiger partial charge on any atom is -0.461 e. The molecule has 0 saturated carbocycles. The summed E-state index contributed by atoms with van der Waals surface area (Å²) in [6.07, 6.45) is 0.766. The predicted molar refractivity (Wildman–Crippen MR) is 99.9 cm³/mol. The number of para-hydroxylation sites is 1. The van der Waals surface area contributed by atoms with Crippen LogP contribution in [0.4, 0.5) is 0 Å². The molecule has 1 aromatic heterocycles. The van der Waals surface area contributed by atoms with Crippen molar-refractivity contribution < 1.29 is 9.53 Å². The highest BCUT2D eigenvalue weighted by molar-refractivity contribution is 7.80. The molecule has 1 aliphatic heterocycles. The second-order valence-corrected chi connectivity index (χ2v) is 6.14. The molecule has 1 aliphatic rings. The topological polar surface area (TPSA) is 59.4 Å². The Morgan fingerprint density at radius 2 is 2.08 bits per heavy atom. The molecule has 6 nitrogen and oxygen atoms in total. The number of aromatic nitrogens is 2. The number of thiocarbonyl (C=S) groups is 1. The molecule has 1 aromatic carbocycles. The first kappa shape index (κ1) is 17.4. The summed E-state index contributed by atoms with van der Waals surface area (Å²) >= 11 is 5.43. The molecule has 25 heavy (non-hydrogen) atoms. The quantitative estimate of drug-likeness (QED) is 0.669. The first-order valence-electron chi connectivity index (χ1n) is 8.51. The molecule has 2 heterocycles. The fourth-order valence-corrected chi connectivity index (χ4v) is 3.30. The molecule has 0 radical (unpaired) electrons. The number of fused-ring (bicyclic) bond motifs is 1. The van der Waals surface area contributed by atoms with Crippen molar-refractivity contribution in [2.24, 2.45) is 0 Å². The van der Waals surface area contributed by atoms with Crippen LogP contribution < -0.4 is 5.32 Å². The summed E-state index contributed by atoms with van der Waals surface area (Å²) in [5.74, 6) is -0.385. The van der Waals surface area contributed by atoms with Crippen LogP contribution in [0.5, 0.6) is 0 Å². The standard InChI is InChI=1S/C18H22N4O2S/c1-3-19-18(25)21-11-10-15-14(12-21)16(17(23)24-4-2)20-22(15)13-8-6-5-7-9-13/h5-9H,3-4,10-12H2,1-2H3,(H,19,25). The van der Waals surface area contributed by atoms with E-state index in [9.17, 15) is 4.79 Å². The van der Waals surface area contributed by atoms with E-state index in [1.54, 1.807) is 6.92 Å². The van der Waals surface area contributed by atoms with E-state index in [-0.39, 0.29) is 5.97 Å². The number of ether oxygens (including phenoxy) is 1. The Labute approximate surface area is 152 Å². The van der Waals surface area contributed by atoms with Crippen LogP contribution in [-0.2, 0) is 17.7 Å². The van der Waals surface area contributed by atoms with Gasteiger partial charge in [-0.25, -0.2) is 9.48 Å². The van der Waals surface area contributed by atoms with E-state index >= 15 is 0 Å². The normalized spacial score (nSPS) is 13.3. The van der Waals surface area contributed by atoms with Gasteiger partial charge in [0.25, 0.3) is 0 Å². The highest BCUT2D eigenvalue weighted by Crippen LogP contribution is 2.26. The number of carbonyl (C=O) groups excluding carboxylic acids is 1. The third-order valence-electron chi connectivity index (χ3n) is 4.14. The van der Waals surface area contributed by atoms with Crippen molar-refractivity contribution in [2.45, 2.75) is 26.8 Å². The van der Waals surface area contributed by atoms with Crippen LogP contribution in [0, 0.1) is 0 Å². The molecule has 132 valence electrons. The van der Waals surface area contributed by atoms with Crippen LogP contribution in [0.2, 0.25) is 0 Å². The van der Waals surface area contributed by atoms with Crippen molar-refractivity contribution in [1.82, 2.24) is 20.0 Å². The van der Waals surface area contributed by atoms with E-state index in [2.05, 4.69) is 15.3 Å². The first-order chi connectivity index (χ1) is 12.2. The average Bonchev–Trinajstić information content (AvgIpc) is 3.02. The van der Waals surface area contributed by atoms with E-state index in [1.165, 1.54) is 0 Å². The molecule has 0 atom stereocenters. The van der Waals surface area contributed by atoms with Gasteiger partial charge in [0.15, 0.2) is 10.8 Å². The van der Waals surface area contributed by atoms with Crippen LogP contribution in [0.1, 0.15) is 35.6 Å². The van der Waals surface area contributed by atoms with Crippen LogP contribution in [0.15, 0.2) is 30.3 Å². The van der Waals surface area contributed by atoms with Gasteiger partial charge in [-0.15, -0.1) is 0 Å². The van der Waals surface area contributed by atoms with Gasteiger partial charge in [0.05, 0.1) is 18.0 Å². The van der Waals surface area contributed by atoms with Gasteiger partial charge in [0.2, 0.25) is 0 Å². The molecule has 0 aliphatic carbocycles. The van der Waals surface area contributed by atoms with Crippen molar-refractivity contribution in [3.63, 3.8) is 0 Å². The third kappa shape index (κ3) is 3.51. The van der Waals surface area contributed by atoms with E-state index in [1.807, 2.05) is 41.9 Å². The van der Waals surface area contributed by atoms with Crippen molar-refractivity contribution in [1.29, 1.82) is 0 Å². The summed E-state index contributed by atoms with van der Waals surface area (Å²) in [7, 11) is 0. The van der Waals surface area contributed by atoms with Crippen LogP contribution in [-0.4, -0.2) is 45.5 Å². The lowest BCUT2D eigenvalue weighted by atomic mass is 10.1. The average molecular weight is 358 g/mol. The van der Waals surface area contributed by atoms with Gasteiger partial charge in [0.1, 0.15) is 0 Å². The van der Waals surface area contributed by atoms with Gasteiger partial charge in [-0.1, -0.05) is 18.2 Å². The number of hydrogen-bond donors (Lipinski definition) is 1. The smallest absolute Gasteiger partial charge is 0.359 e. The van der Waals surface area contributed by atoms with E-state index in [4.69, 9.17) is 17.0 Å². The Morgan fingerprint density at radius 3 is 2.76 bits per heavy atom. The van der Waals surface area contributed by atoms with Crippen LogP contribution in [0.25, 0.3) is 5.69 Å². The minimum atomic E-state index is -0.385. The van der Waals surface area contributed by atoms with Gasteiger partial charge in [0, 0.05) is 31.6 Å². The molecule has 0 saturated heterocycles. The van der Waals surface area contributed by atoms with E-state index in [0.717, 1.165) is 36.5 Å². The molecule has 2 aromatic rings. The number of nitrogens with one attached hydrogen (secondary N) is 1. The molecule has 0 fully saturated rings. The maximum absolute atomic E-state index is 12.4. The summed E-state index contributed by atoms with van der Waals surface area (Å²) < 4.78 is 7.06. The monoisotopic (exact) mass is 358 g/mol. The lowest BCUT2D eigenvalue weighted by molar-refractivity contribution is 0.0517. The largest absolute Gasteiger partial charge is 0.461 e. The molecular weight excluding hydrogens is 336 g/mol. The summed E-state index contributed by atoms with van der Waals surface area (Å²) in [5, 5.41) is 8.45. The number of nitrogens with zero attached hydrogens (tertiary/aromatic N) is 3. The van der Waals surface area contributed by atoms with Gasteiger partial charge < -0.3 is 15.0 Å². The second kappa shape index (κ2) is 7.65. The van der Waals surface area contributed by atoms with Crippen molar-refractivity contribution in [2.75, 3.05) is 19.7 Å². The summed E-state index contributed by atoms with van der Waals surface area (Å²) in [6.45, 7) is 6.26. The Balaban J connectivity index is 2.01. The maximum atomic E-state index is 12.4. The Bertz CT molecular complexity index is 773. The lowest BCUT2D eigenvalue weighted by Crippen LogP contribution is -2.42. The fraction of sp³-hybridized carbons (Fsp3) is 0.389. The Kier molecular flexibility index (Phi) is 5.33. The molecule has 7 heteroatoms. The van der Waals surface area contributed by atoms with Gasteiger partial charge in [-0.05, 0) is 38.2 Å². The molecule has 0 amide bonds. The first-order valence-corrected chi connectivity index (χ1v) is 8.92. The number of esters is 1. The fourth-order valence-electron chi connectivity index (χ4n) is 3.00. The SMILES string of the molecule is CCNC(=S)N1CCc2c(c(C(=O)OCC)nn2-c2ccccc2)C1. The number of carbonyl (C=O) groups is 1. The second-order valence-electron chi connectivity index (χ2n) is 5.75. The molecule has 0 unspecified atom stereocenters. The van der Waals surface area contributed by atoms with Crippen LogP contribution >= 0.6 is 12.2 Å². The highest BCUT2D eigenvalue weighted by atomic mass is 32.1. The molecule has 1 N–H and O–H groups in total. The minimum absolute atomic E-state index is 0.325. The molecular formula is C18H22N4O2S. The van der Waals surface area contributed by atoms with E-state index in [0.29, 0.717) is 24.0 Å². The third-order valence-corrected chi connectivity index (χ3v) is 4.54. The predicted octanol–water partition coefficient (Wildman–Crippen LogP) is 2.30. The lowest BCUT2D eigenvalue weighted by Gasteiger charge is -2.30. The molecule has 0 bridgehead atoms. The van der Waals surface area contributed by atoms with Crippen molar-refractivity contribution in [3.05, 3.63) is 47.3 Å². The van der Waals surface area contributed by atoms with E-state index < -0.39 is 0 Å². The van der Waals surface area contributed by atoms with Crippen molar-refractivity contribution >= 4 is 23.3 Å². The molecule has 3 rings (SSSR count). The summed E-state index contributed by atoms with van der Waals surface area (Å²) in [5.41, 5.74) is 3.26. The number of hydrogen-bond acceptors (Lipinski definition) is 4. The zero-order chi connectivity index (χ0) is 17.8. The van der Waals surface area contributed by atoms with Gasteiger partial charge in [-0.3, -0.25) is 0 Å². The van der Waals surface area contributed by atoms with Crippen molar-refractivity contribution in [3.8, 4) is 5.69 Å². The molecule has 0 spiro atoms. The van der Waals surface area contributed by atoms with Gasteiger partial charge >= 0.3 is 5.97 Å². The zero-order valence-corrected chi connectivity index (χ0v) is 15.3. The summed E-state index contributed by atoms with van der Waals surface area (Å²) in [6, 6.07) is 9.85. The highest BCUT2D eigenvalue weighted by Gasteiger charge is 2.30. The van der Waals surface area contributed by atoms with Gasteiger partial charge in [-0.2, -0.15) is 5.10 Å². The summed E-state index contributed by atoms with van der Waals surface area (Å²) in [4.78, 5) is 14.5. The Hall–Kier alpha value is -2.41. The number of benzene rings is 1. The maximum Gasteiger partial charge on any atom is 0.359 e.